The van der Waals surface area contributed by atoms with Crippen LogP contribution in [0.15, 0.2) is 59.9 Å². The van der Waals surface area contributed by atoms with Crippen molar-refractivity contribution in [3.63, 3.8) is 0 Å². The summed E-state index contributed by atoms with van der Waals surface area (Å²) in [6.45, 7) is 0.544. The van der Waals surface area contributed by atoms with E-state index in [-0.39, 0.29) is 17.4 Å². The minimum Gasteiger partial charge on any atom is -0.346 e. The zero-order valence-electron chi connectivity index (χ0n) is 16.5. The molecule has 4 aromatic rings. The third-order valence-corrected chi connectivity index (χ3v) is 5.52. The van der Waals surface area contributed by atoms with Gasteiger partial charge in [0.2, 0.25) is 5.16 Å². The fourth-order valence-corrected chi connectivity index (χ4v) is 3.87. The Hall–Kier alpha value is -3.70. The summed E-state index contributed by atoms with van der Waals surface area (Å²) in [5, 5.41) is 17.2. The molecule has 6 nitrogen and oxygen atoms in total. The minimum atomic E-state index is -0.284. The van der Waals surface area contributed by atoms with Crippen LogP contribution in [0.4, 0.5) is 4.39 Å². The van der Waals surface area contributed by atoms with Crippen LogP contribution < -0.4 is 0 Å². The number of nitrogens with zero attached hydrogens (tertiary/aromatic N) is 4. The van der Waals surface area contributed by atoms with E-state index in [1.54, 1.807) is 24.3 Å². The minimum absolute atomic E-state index is 0.0230. The first-order chi connectivity index (χ1) is 15.1. The van der Waals surface area contributed by atoms with Crippen LogP contribution in [0.2, 0.25) is 0 Å². The number of fused-ring (bicyclic) bond motifs is 1. The third kappa shape index (κ3) is 4.90. The van der Waals surface area contributed by atoms with Crippen molar-refractivity contribution in [2.45, 2.75) is 18.1 Å². The molecule has 0 aliphatic rings. The van der Waals surface area contributed by atoms with Crippen LogP contribution >= 0.6 is 11.8 Å². The number of nitrogens with one attached hydrogen (secondary N) is 1. The van der Waals surface area contributed by atoms with Gasteiger partial charge in [0.1, 0.15) is 11.6 Å². The molecule has 0 atom stereocenters. The number of aromatic nitrogens is 4. The number of thioether (sulfide) groups is 1. The number of halogens is 1. The number of benzene rings is 2. The van der Waals surface area contributed by atoms with Crippen molar-refractivity contribution in [1.82, 2.24) is 19.7 Å². The second kappa shape index (κ2) is 9.41. The van der Waals surface area contributed by atoms with E-state index in [4.69, 9.17) is 5.26 Å². The number of aryl methyl sites for hydroxylation is 1. The van der Waals surface area contributed by atoms with Crippen molar-refractivity contribution < 1.29 is 9.18 Å². The third-order valence-electron chi connectivity index (χ3n) is 4.67. The van der Waals surface area contributed by atoms with Crippen LogP contribution in [-0.4, -0.2) is 31.3 Å². The van der Waals surface area contributed by atoms with E-state index in [1.807, 2.05) is 35.0 Å². The van der Waals surface area contributed by atoms with E-state index in [1.165, 1.54) is 23.9 Å². The maximum Gasteiger partial charge on any atom is 0.209 e. The van der Waals surface area contributed by atoms with E-state index in [0.29, 0.717) is 29.5 Å². The quantitative estimate of drug-likeness (QED) is 0.315. The first-order valence-electron chi connectivity index (χ1n) is 9.61. The van der Waals surface area contributed by atoms with Gasteiger partial charge < -0.3 is 4.57 Å². The number of H-pyrrole nitrogens is 1. The molecule has 0 aliphatic carbocycles. The topological polar surface area (TPSA) is 87.4 Å². The molecule has 8 heteroatoms. The first-order valence-corrected chi connectivity index (χ1v) is 10.6. The van der Waals surface area contributed by atoms with Gasteiger partial charge in [0.05, 0.1) is 18.2 Å². The highest BCUT2D eigenvalue weighted by atomic mass is 32.2. The standard InChI is InChI=1S/C23H18FN5OS/c24-17-9-6-16(7-10-17)8-11-22-26-23(28-27-22)31-15-21(30)19-14-29(13-3-12-25)20-5-2-1-4-18(19)20/h1-2,4-11,14H,3,13,15H2,(H,26,27,28). The molecular formula is C23H18FN5OS. The Kier molecular flexibility index (Phi) is 6.24. The maximum atomic E-state index is 13.0. The lowest BCUT2D eigenvalue weighted by Gasteiger charge is -2.00. The van der Waals surface area contributed by atoms with Crippen molar-refractivity contribution in [1.29, 1.82) is 5.26 Å². The Morgan fingerprint density at radius 2 is 2.00 bits per heavy atom. The lowest BCUT2D eigenvalue weighted by molar-refractivity contribution is 0.102. The molecule has 1 N–H and O–H groups in total. The van der Waals surface area contributed by atoms with Crippen molar-refractivity contribution in [3.8, 4) is 6.07 Å². The van der Waals surface area contributed by atoms with E-state index < -0.39 is 0 Å². The lowest BCUT2D eigenvalue weighted by Crippen LogP contribution is -2.02. The molecule has 0 saturated heterocycles. The van der Waals surface area contributed by atoms with Crippen LogP contribution in [0, 0.1) is 17.1 Å². The lowest BCUT2D eigenvalue weighted by atomic mass is 10.1. The molecule has 4 rings (SSSR count). The smallest absolute Gasteiger partial charge is 0.209 e. The van der Waals surface area contributed by atoms with E-state index in [9.17, 15) is 9.18 Å². The molecule has 0 aliphatic heterocycles. The van der Waals surface area contributed by atoms with Gasteiger partial charge in [0, 0.05) is 29.2 Å². The molecule has 154 valence electrons. The number of para-hydroxylation sites is 1. The van der Waals surface area contributed by atoms with Crippen LogP contribution in [0.5, 0.6) is 0 Å². The second-order valence-electron chi connectivity index (χ2n) is 6.76. The molecule has 0 radical (unpaired) electrons. The molecular weight excluding hydrogens is 413 g/mol. The average Bonchev–Trinajstić information content (AvgIpc) is 3.40. The highest BCUT2D eigenvalue weighted by molar-refractivity contribution is 7.99. The molecule has 31 heavy (non-hydrogen) atoms. The van der Waals surface area contributed by atoms with E-state index in [0.717, 1.165) is 16.5 Å². The maximum absolute atomic E-state index is 13.0. The summed E-state index contributed by atoms with van der Waals surface area (Å²) in [6, 6.07) is 16.0. The van der Waals surface area contributed by atoms with Crippen LogP contribution in [-0.2, 0) is 6.54 Å². The Morgan fingerprint density at radius 1 is 1.19 bits per heavy atom. The highest BCUT2D eigenvalue weighted by Gasteiger charge is 2.16. The number of ketones is 1. The number of carbonyl (C=O) groups excluding carboxylic acids is 1. The number of aromatic amines is 1. The van der Waals surface area contributed by atoms with Crippen LogP contribution in [0.1, 0.15) is 28.2 Å². The normalized spacial score (nSPS) is 11.2. The fraction of sp³-hybridized carbons (Fsp3) is 0.130. The Bertz CT molecular complexity index is 1280. The predicted molar refractivity (Wildman–Crippen MR) is 119 cm³/mol. The van der Waals surface area contributed by atoms with Crippen molar-refractivity contribution in [3.05, 3.63) is 77.5 Å². The number of rotatable bonds is 8. The summed E-state index contributed by atoms with van der Waals surface area (Å²) < 4.78 is 14.9. The van der Waals surface area contributed by atoms with Crippen LogP contribution in [0.25, 0.3) is 23.1 Å². The highest BCUT2D eigenvalue weighted by Crippen LogP contribution is 2.24. The number of hydrogen-bond donors (Lipinski definition) is 1. The van der Waals surface area contributed by atoms with Gasteiger partial charge in [-0.1, -0.05) is 48.2 Å². The molecule has 0 bridgehead atoms. The van der Waals surface area contributed by atoms with Crippen molar-refractivity contribution in [2.75, 3.05) is 5.75 Å². The Labute approximate surface area is 182 Å². The van der Waals surface area contributed by atoms with Gasteiger partial charge in [-0.3, -0.25) is 9.89 Å². The van der Waals surface area contributed by atoms with Gasteiger partial charge >= 0.3 is 0 Å². The monoisotopic (exact) mass is 431 g/mol. The molecule has 2 aromatic carbocycles. The van der Waals surface area contributed by atoms with Crippen molar-refractivity contribution in [2.24, 2.45) is 0 Å². The van der Waals surface area contributed by atoms with Gasteiger partial charge in [-0.05, 0) is 29.8 Å². The molecule has 2 heterocycles. The SMILES string of the molecule is N#CCCn1cc(C(=O)CSc2n[nH]c(C=Cc3ccc(F)cc3)n2)c2ccccc21. The molecule has 0 fully saturated rings. The van der Waals surface area contributed by atoms with Gasteiger partial charge in [0.15, 0.2) is 5.78 Å². The summed E-state index contributed by atoms with van der Waals surface area (Å²) in [7, 11) is 0. The molecule has 0 saturated carbocycles. The Balaban J connectivity index is 1.43. The van der Waals surface area contributed by atoms with Gasteiger partial charge in [-0.15, -0.1) is 5.10 Å². The van der Waals surface area contributed by atoms with Gasteiger partial charge in [-0.25, -0.2) is 9.37 Å². The average molecular weight is 431 g/mol. The van der Waals surface area contributed by atoms with E-state index in [2.05, 4.69) is 21.3 Å². The Morgan fingerprint density at radius 3 is 2.81 bits per heavy atom. The molecule has 2 aromatic heterocycles. The van der Waals surface area contributed by atoms with Crippen molar-refractivity contribution >= 4 is 40.6 Å². The molecule has 0 amide bonds. The molecule has 0 spiro atoms. The number of nitriles is 1. The number of carbonyl (C=O) groups is 1. The largest absolute Gasteiger partial charge is 0.346 e. The van der Waals surface area contributed by atoms with Crippen LogP contribution in [0.3, 0.4) is 0 Å². The first kappa shape index (κ1) is 20.6. The molecule has 0 unspecified atom stereocenters. The second-order valence-corrected chi connectivity index (χ2v) is 7.70. The summed E-state index contributed by atoms with van der Waals surface area (Å²) in [6.07, 6.45) is 5.75. The zero-order valence-corrected chi connectivity index (χ0v) is 17.3. The zero-order chi connectivity index (χ0) is 21.6. The summed E-state index contributed by atoms with van der Waals surface area (Å²) in [5.41, 5.74) is 2.42. The summed E-state index contributed by atoms with van der Waals surface area (Å²) in [5.74, 6) is 0.441. The fourth-order valence-electron chi connectivity index (χ4n) is 3.18. The van der Waals surface area contributed by atoms with E-state index >= 15 is 0 Å². The van der Waals surface area contributed by atoms with Gasteiger partial charge in [-0.2, -0.15) is 5.26 Å². The van der Waals surface area contributed by atoms with Gasteiger partial charge in [0.25, 0.3) is 0 Å². The number of Topliss-reactive ketones (excluding diaryl/α,β-unsaturated/α-hetero) is 1. The summed E-state index contributed by atoms with van der Waals surface area (Å²) >= 11 is 1.26. The predicted octanol–water partition coefficient (Wildman–Crippen LogP) is 4.96. The summed E-state index contributed by atoms with van der Waals surface area (Å²) in [4.78, 5) is 17.2. The number of hydrogen-bond acceptors (Lipinski definition) is 5.